The summed E-state index contributed by atoms with van der Waals surface area (Å²) in [7, 11) is 0. The predicted molar refractivity (Wildman–Crippen MR) is 69.2 cm³/mol. The molecule has 4 heteroatoms. The van der Waals surface area contributed by atoms with Gasteiger partial charge in [-0.2, -0.15) is 0 Å². The number of carbonyl (C=O) groups is 1. The molecule has 0 spiro atoms. The summed E-state index contributed by atoms with van der Waals surface area (Å²) in [5.74, 6) is 1.00. The number of rotatable bonds is 4. The number of alkyl halides is 2. The first-order valence-corrected chi connectivity index (χ1v) is 7.12. The largest absolute Gasteiger partial charge is 0.348 e. The molecule has 16 heavy (non-hydrogen) atoms. The molecule has 0 atom stereocenters. The molecule has 1 amide bonds. The lowest BCUT2D eigenvalue weighted by molar-refractivity contribution is -0.126. The normalized spacial score (nSPS) is 19.2. The number of hydrogen-bond acceptors (Lipinski definition) is 1. The maximum atomic E-state index is 12.1. The quantitative estimate of drug-likeness (QED) is 0.614. The fraction of sp³-hybridized carbons (Fsp3) is 0.917. The van der Waals surface area contributed by atoms with Crippen LogP contribution >= 0.6 is 23.2 Å². The molecular weight excluding hydrogens is 245 g/mol. The predicted octanol–water partition coefficient (Wildman–Crippen LogP) is 3.31. The van der Waals surface area contributed by atoms with Crippen LogP contribution in [0.3, 0.4) is 0 Å². The van der Waals surface area contributed by atoms with Gasteiger partial charge in [-0.25, -0.2) is 0 Å². The molecule has 1 N–H and O–H groups in total. The molecule has 94 valence electrons. The number of halogens is 2. The number of nitrogens with one attached hydrogen (secondary N) is 1. The van der Waals surface area contributed by atoms with Crippen molar-refractivity contribution in [1.82, 2.24) is 5.32 Å². The van der Waals surface area contributed by atoms with Crippen LogP contribution in [-0.4, -0.2) is 23.2 Å². The summed E-state index contributed by atoms with van der Waals surface area (Å²) in [6.07, 6.45) is 6.85. The second-order valence-electron chi connectivity index (χ2n) is 5.01. The molecule has 1 fully saturated rings. The lowest BCUT2D eigenvalue weighted by atomic mass is 9.97. The third kappa shape index (κ3) is 4.14. The van der Waals surface area contributed by atoms with Gasteiger partial charge >= 0.3 is 0 Å². The second-order valence-corrected chi connectivity index (χ2v) is 5.54. The van der Waals surface area contributed by atoms with E-state index in [1.807, 2.05) is 6.92 Å². The Bertz CT molecular complexity index is 221. The smallest absolute Gasteiger partial charge is 0.223 e. The van der Waals surface area contributed by atoms with E-state index in [9.17, 15) is 4.79 Å². The maximum Gasteiger partial charge on any atom is 0.223 e. The van der Waals surface area contributed by atoms with Crippen molar-refractivity contribution in [3.05, 3.63) is 0 Å². The molecule has 0 radical (unpaired) electrons. The summed E-state index contributed by atoms with van der Waals surface area (Å²) < 4.78 is 0. The molecule has 1 saturated carbocycles. The fourth-order valence-corrected chi connectivity index (χ4v) is 2.46. The summed E-state index contributed by atoms with van der Waals surface area (Å²) in [6, 6.07) is 0. The summed E-state index contributed by atoms with van der Waals surface area (Å²) in [6.45, 7) is 1.89. The van der Waals surface area contributed by atoms with Gasteiger partial charge in [0.15, 0.2) is 0 Å². The van der Waals surface area contributed by atoms with Crippen molar-refractivity contribution >= 4 is 29.1 Å². The van der Waals surface area contributed by atoms with Gasteiger partial charge in [0.25, 0.3) is 0 Å². The van der Waals surface area contributed by atoms with Crippen molar-refractivity contribution in [3.8, 4) is 0 Å². The van der Waals surface area contributed by atoms with Crippen LogP contribution in [0.1, 0.15) is 45.4 Å². The highest BCUT2D eigenvalue weighted by atomic mass is 35.5. The Hall–Kier alpha value is 0.0500. The van der Waals surface area contributed by atoms with Crippen LogP contribution in [0, 0.1) is 5.92 Å². The van der Waals surface area contributed by atoms with Crippen molar-refractivity contribution in [3.63, 3.8) is 0 Å². The van der Waals surface area contributed by atoms with Crippen molar-refractivity contribution in [1.29, 1.82) is 0 Å². The molecule has 2 nitrogen and oxygen atoms in total. The van der Waals surface area contributed by atoms with Gasteiger partial charge < -0.3 is 5.32 Å². The zero-order chi connectivity index (χ0) is 12.0. The Morgan fingerprint density at radius 1 is 1.19 bits per heavy atom. The zero-order valence-corrected chi connectivity index (χ0v) is 11.4. The van der Waals surface area contributed by atoms with E-state index in [4.69, 9.17) is 23.2 Å². The van der Waals surface area contributed by atoms with Crippen LogP contribution < -0.4 is 5.32 Å². The molecule has 0 aliphatic heterocycles. The van der Waals surface area contributed by atoms with E-state index in [0.29, 0.717) is 11.8 Å². The summed E-state index contributed by atoms with van der Waals surface area (Å²) in [4.78, 5) is 12.1. The topological polar surface area (TPSA) is 29.1 Å². The molecule has 0 heterocycles. The van der Waals surface area contributed by atoms with Crippen molar-refractivity contribution in [2.24, 2.45) is 5.92 Å². The standard InChI is InChI=1S/C12H21Cl2NO/c1-12(8-13,9-14)15-11(16)10-6-4-2-3-5-7-10/h10H,2-9H2,1H3,(H,15,16). The van der Waals surface area contributed by atoms with Gasteiger partial charge in [0, 0.05) is 17.7 Å². The van der Waals surface area contributed by atoms with Gasteiger partial charge in [-0.05, 0) is 19.8 Å². The van der Waals surface area contributed by atoms with Crippen LogP contribution in [0.2, 0.25) is 0 Å². The fourth-order valence-electron chi connectivity index (χ4n) is 2.04. The molecule has 0 aromatic rings. The lowest BCUT2D eigenvalue weighted by Crippen LogP contribution is -2.51. The zero-order valence-electron chi connectivity index (χ0n) is 9.90. The Labute approximate surface area is 108 Å². The van der Waals surface area contributed by atoms with Crippen LogP contribution in [0.4, 0.5) is 0 Å². The summed E-state index contributed by atoms with van der Waals surface area (Å²) in [5.41, 5.74) is -0.466. The van der Waals surface area contributed by atoms with Gasteiger partial charge in [0.2, 0.25) is 5.91 Å². The van der Waals surface area contributed by atoms with Crippen molar-refractivity contribution < 1.29 is 4.79 Å². The number of hydrogen-bond donors (Lipinski definition) is 1. The minimum atomic E-state index is -0.466. The Morgan fingerprint density at radius 3 is 2.12 bits per heavy atom. The van der Waals surface area contributed by atoms with Crippen LogP contribution in [0.15, 0.2) is 0 Å². The van der Waals surface area contributed by atoms with E-state index in [1.54, 1.807) is 0 Å². The molecule has 0 saturated heterocycles. The van der Waals surface area contributed by atoms with E-state index in [-0.39, 0.29) is 11.8 Å². The van der Waals surface area contributed by atoms with E-state index in [2.05, 4.69) is 5.32 Å². The van der Waals surface area contributed by atoms with Crippen LogP contribution in [0.25, 0.3) is 0 Å². The van der Waals surface area contributed by atoms with E-state index >= 15 is 0 Å². The first kappa shape index (κ1) is 14.1. The van der Waals surface area contributed by atoms with Gasteiger partial charge in [0.1, 0.15) is 0 Å². The minimum absolute atomic E-state index is 0.130. The highest BCUT2D eigenvalue weighted by Crippen LogP contribution is 2.23. The Kier molecular flexibility index (Phi) is 5.91. The van der Waals surface area contributed by atoms with E-state index < -0.39 is 5.54 Å². The average Bonchev–Trinajstić information content (AvgIpc) is 2.57. The first-order chi connectivity index (χ1) is 7.61. The molecular formula is C12H21Cl2NO. The second kappa shape index (κ2) is 6.70. The van der Waals surface area contributed by atoms with E-state index in [1.165, 1.54) is 12.8 Å². The molecule has 0 aromatic carbocycles. The maximum absolute atomic E-state index is 12.1. The molecule has 1 rings (SSSR count). The third-order valence-electron chi connectivity index (χ3n) is 3.24. The lowest BCUT2D eigenvalue weighted by Gasteiger charge is -2.28. The SMILES string of the molecule is CC(CCl)(CCl)NC(=O)C1CCCCCC1. The average molecular weight is 266 g/mol. The van der Waals surface area contributed by atoms with Gasteiger partial charge in [-0.1, -0.05) is 25.7 Å². The van der Waals surface area contributed by atoms with Crippen LogP contribution in [-0.2, 0) is 4.79 Å². The van der Waals surface area contributed by atoms with E-state index in [0.717, 1.165) is 25.7 Å². The van der Waals surface area contributed by atoms with Crippen molar-refractivity contribution in [2.45, 2.75) is 51.0 Å². The van der Waals surface area contributed by atoms with Crippen LogP contribution in [0.5, 0.6) is 0 Å². The van der Waals surface area contributed by atoms with Crippen molar-refractivity contribution in [2.75, 3.05) is 11.8 Å². The first-order valence-electron chi connectivity index (χ1n) is 6.05. The minimum Gasteiger partial charge on any atom is -0.348 e. The summed E-state index contributed by atoms with van der Waals surface area (Å²) >= 11 is 11.6. The molecule has 0 unspecified atom stereocenters. The van der Waals surface area contributed by atoms with Gasteiger partial charge in [-0.15, -0.1) is 23.2 Å². The number of carbonyl (C=O) groups excluding carboxylic acids is 1. The summed E-state index contributed by atoms with van der Waals surface area (Å²) in [5, 5.41) is 2.99. The number of amides is 1. The Morgan fingerprint density at radius 2 is 1.69 bits per heavy atom. The molecule has 1 aliphatic carbocycles. The monoisotopic (exact) mass is 265 g/mol. The Balaban J connectivity index is 2.49. The molecule has 1 aliphatic rings. The highest BCUT2D eigenvalue weighted by Gasteiger charge is 2.28. The molecule has 0 bridgehead atoms. The van der Waals surface area contributed by atoms with Gasteiger partial charge in [0.05, 0.1) is 5.54 Å². The highest BCUT2D eigenvalue weighted by molar-refractivity contribution is 6.22. The molecule has 0 aromatic heterocycles. The van der Waals surface area contributed by atoms with Gasteiger partial charge in [-0.3, -0.25) is 4.79 Å². The third-order valence-corrected chi connectivity index (χ3v) is 4.42.